The van der Waals surface area contributed by atoms with E-state index in [2.05, 4.69) is 21.3 Å². The molecule has 2 rings (SSSR count). The van der Waals surface area contributed by atoms with E-state index in [1.54, 1.807) is 19.1 Å². The van der Waals surface area contributed by atoms with Gasteiger partial charge in [-0.2, -0.15) is 0 Å². The molecule has 1 fully saturated rings. The Hall–Kier alpha value is -2.57. The van der Waals surface area contributed by atoms with Gasteiger partial charge >= 0.3 is 6.03 Å². The van der Waals surface area contributed by atoms with Crippen molar-refractivity contribution in [2.45, 2.75) is 65.0 Å². The van der Waals surface area contributed by atoms with Crippen LogP contribution in [0.5, 0.6) is 0 Å². The van der Waals surface area contributed by atoms with Crippen LogP contribution in [0.1, 0.15) is 51.5 Å². The van der Waals surface area contributed by atoms with Gasteiger partial charge in [0.25, 0.3) is 0 Å². The molecule has 1 saturated carbocycles. The summed E-state index contributed by atoms with van der Waals surface area (Å²) in [5, 5.41) is 11.1. The first-order chi connectivity index (χ1) is 12.3. The van der Waals surface area contributed by atoms with Gasteiger partial charge in [-0.1, -0.05) is 19.3 Å². The van der Waals surface area contributed by atoms with Crippen molar-refractivity contribution in [3.8, 4) is 0 Å². The van der Waals surface area contributed by atoms with Gasteiger partial charge in [-0.05, 0) is 50.5 Å². The number of imide groups is 1. The minimum Gasteiger partial charge on any atom is -0.374 e. The summed E-state index contributed by atoms with van der Waals surface area (Å²) in [6.07, 6.45) is 5.37. The van der Waals surface area contributed by atoms with E-state index in [-0.39, 0.29) is 17.9 Å². The number of anilines is 2. The van der Waals surface area contributed by atoms with E-state index in [1.165, 1.54) is 13.3 Å². The topological polar surface area (TPSA) is 99.3 Å². The molecule has 26 heavy (non-hydrogen) atoms. The Kier molecular flexibility index (Phi) is 7.00. The van der Waals surface area contributed by atoms with E-state index < -0.39 is 12.1 Å². The van der Waals surface area contributed by atoms with Crippen LogP contribution in [-0.2, 0) is 9.59 Å². The largest absolute Gasteiger partial charge is 0.374 e. The zero-order chi connectivity index (χ0) is 19.1. The number of urea groups is 1. The molecule has 0 radical (unpaired) electrons. The normalized spacial score (nSPS) is 15.7. The number of nitrogens with one attached hydrogen (secondary N) is 4. The van der Waals surface area contributed by atoms with Crippen LogP contribution in [0.4, 0.5) is 16.2 Å². The molecule has 1 unspecified atom stereocenters. The highest BCUT2D eigenvalue weighted by Gasteiger charge is 2.19. The van der Waals surface area contributed by atoms with Crippen LogP contribution in [0.2, 0.25) is 0 Å². The monoisotopic (exact) mass is 360 g/mol. The predicted molar refractivity (Wildman–Crippen MR) is 102 cm³/mol. The lowest BCUT2D eigenvalue weighted by atomic mass is 9.96. The number of amides is 4. The van der Waals surface area contributed by atoms with Gasteiger partial charge in [0.05, 0.1) is 0 Å². The molecule has 7 heteroatoms. The van der Waals surface area contributed by atoms with E-state index in [9.17, 15) is 14.4 Å². The number of hydrogen-bond acceptors (Lipinski definition) is 4. The van der Waals surface area contributed by atoms with Gasteiger partial charge in [-0.3, -0.25) is 14.9 Å². The van der Waals surface area contributed by atoms with Gasteiger partial charge in [0.15, 0.2) is 0 Å². The number of benzene rings is 1. The minimum absolute atomic E-state index is 0.134. The lowest BCUT2D eigenvalue weighted by Gasteiger charge is -2.23. The van der Waals surface area contributed by atoms with Gasteiger partial charge in [-0.25, -0.2) is 4.79 Å². The third-order valence-electron chi connectivity index (χ3n) is 4.49. The maximum Gasteiger partial charge on any atom is 0.321 e. The molecule has 1 atom stereocenters. The highest BCUT2D eigenvalue weighted by molar-refractivity contribution is 5.98. The van der Waals surface area contributed by atoms with Crippen LogP contribution < -0.4 is 21.3 Å². The van der Waals surface area contributed by atoms with E-state index >= 15 is 0 Å². The van der Waals surface area contributed by atoms with Gasteiger partial charge in [-0.15, -0.1) is 0 Å². The molecule has 0 aromatic heterocycles. The van der Waals surface area contributed by atoms with Gasteiger partial charge in [0.1, 0.15) is 6.04 Å². The highest BCUT2D eigenvalue weighted by atomic mass is 16.2. The van der Waals surface area contributed by atoms with Crippen LogP contribution in [0.25, 0.3) is 0 Å². The van der Waals surface area contributed by atoms with E-state index in [1.807, 2.05) is 13.0 Å². The van der Waals surface area contributed by atoms with Gasteiger partial charge in [0.2, 0.25) is 11.8 Å². The molecule has 1 aromatic carbocycles. The molecule has 0 saturated heterocycles. The summed E-state index contributed by atoms with van der Waals surface area (Å²) in [6, 6.07) is 4.55. The second-order valence-corrected chi connectivity index (χ2v) is 6.87. The first kappa shape index (κ1) is 19.8. The summed E-state index contributed by atoms with van der Waals surface area (Å²) in [6.45, 7) is 5.02. The predicted octanol–water partition coefficient (Wildman–Crippen LogP) is 2.91. The quantitative estimate of drug-likeness (QED) is 0.649. The molecular weight excluding hydrogens is 332 g/mol. The Labute approximate surface area is 154 Å². The molecule has 0 aliphatic heterocycles. The fourth-order valence-electron chi connectivity index (χ4n) is 3.09. The first-order valence-corrected chi connectivity index (χ1v) is 9.11. The Bertz CT molecular complexity index is 669. The van der Waals surface area contributed by atoms with Crippen molar-refractivity contribution in [3.05, 3.63) is 23.8 Å². The van der Waals surface area contributed by atoms with Crippen molar-refractivity contribution in [2.24, 2.45) is 0 Å². The number of hydrogen-bond donors (Lipinski definition) is 4. The molecule has 7 nitrogen and oxygen atoms in total. The summed E-state index contributed by atoms with van der Waals surface area (Å²) < 4.78 is 0. The van der Waals surface area contributed by atoms with Crippen LogP contribution in [0, 0.1) is 6.92 Å². The van der Waals surface area contributed by atoms with Crippen LogP contribution in [0.15, 0.2) is 18.2 Å². The molecule has 0 spiro atoms. The molecule has 4 N–H and O–H groups in total. The molecule has 0 bridgehead atoms. The van der Waals surface area contributed by atoms with E-state index in [0.717, 1.165) is 42.6 Å². The zero-order valence-electron chi connectivity index (χ0n) is 15.6. The summed E-state index contributed by atoms with van der Waals surface area (Å²) >= 11 is 0. The van der Waals surface area contributed by atoms with Crippen molar-refractivity contribution in [1.29, 1.82) is 0 Å². The summed E-state index contributed by atoms with van der Waals surface area (Å²) in [5.74, 6) is -0.521. The van der Waals surface area contributed by atoms with Gasteiger partial charge in [0, 0.05) is 24.3 Å². The van der Waals surface area contributed by atoms with Crippen molar-refractivity contribution in [2.75, 3.05) is 10.6 Å². The number of carbonyl (C=O) groups is 3. The van der Waals surface area contributed by atoms with Crippen molar-refractivity contribution >= 4 is 29.2 Å². The Balaban J connectivity index is 1.85. The minimum atomic E-state index is -0.571. The third-order valence-corrected chi connectivity index (χ3v) is 4.49. The Morgan fingerprint density at radius 2 is 1.81 bits per heavy atom. The SMILES string of the molecule is CC(=O)Nc1ccc(NC(C)C(=O)NC(=O)NC2CCCCC2)cc1C. The number of aryl methyl sites for hydroxylation is 1. The van der Waals surface area contributed by atoms with Crippen LogP contribution in [-0.4, -0.2) is 29.9 Å². The second kappa shape index (κ2) is 9.22. The fraction of sp³-hybridized carbons (Fsp3) is 0.526. The number of carbonyl (C=O) groups excluding carboxylic acids is 3. The van der Waals surface area contributed by atoms with Crippen LogP contribution >= 0.6 is 0 Å². The van der Waals surface area contributed by atoms with E-state index in [4.69, 9.17) is 0 Å². The smallest absolute Gasteiger partial charge is 0.321 e. The zero-order valence-corrected chi connectivity index (χ0v) is 15.6. The Morgan fingerprint density at radius 3 is 2.42 bits per heavy atom. The highest BCUT2D eigenvalue weighted by Crippen LogP contribution is 2.20. The average molecular weight is 360 g/mol. The van der Waals surface area contributed by atoms with Crippen LogP contribution in [0.3, 0.4) is 0 Å². The maximum absolute atomic E-state index is 12.2. The number of rotatable bonds is 5. The molecule has 1 aromatic rings. The summed E-state index contributed by atoms with van der Waals surface area (Å²) in [5.41, 5.74) is 2.35. The summed E-state index contributed by atoms with van der Waals surface area (Å²) in [4.78, 5) is 35.3. The molecule has 0 heterocycles. The Morgan fingerprint density at radius 1 is 1.12 bits per heavy atom. The van der Waals surface area contributed by atoms with Crippen molar-refractivity contribution < 1.29 is 14.4 Å². The molecule has 4 amide bonds. The van der Waals surface area contributed by atoms with E-state index in [0.29, 0.717) is 0 Å². The molecule has 1 aliphatic rings. The fourth-order valence-corrected chi connectivity index (χ4v) is 3.09. The first-order valence-electron chi connectivity index (χ1n) is 9.11. The van der Waals surface area contributed by atoms with Crippen molar-refractivity contribution in [3.63, 3.8) is 0 Å². The average Bonchev–Trinajstić information content (AvgIpc) is 2.57. The van der Waals surface area contributed by atoms with Gasteiger partial charge < -0.3 is 16.0 Å². The molecule has 142 valence electrons. The molecule has 1 aliphatic carbocycles. The standard InChI is InChI=1S/C19H28N4O3/c1-12-11-16(9-10-17(12)21-14(3)24)20-13(2)18(25)23-19(26)22-15-7-5-4-6-8-15/h9-11,13,15,20H,4-8H2,1-3H3,(H,21,24)(H2,22,23,25,26). The lowest BCUT2D eigenvalue weighted by molar-refractivity contribution is -0.120. The maximum atomic E-state index is 12.2. The second-order valence-electron chi connectivity index (χ2n) is 6.87. The molecular formula is C19H28N4O3. The third kappa shape index (κ3) is 6.06. The lowest BCUT2D eigenvalue weighted by Crippen LogP contribution is -2.49. The van der Waals surface area contributed by atoms with Crippen molar-refractivity contribution in [1.82, 2.24) is 10.6 Å². The summed E-state index contributed by atoms with van der Waals surface area (Å²) in [7, 11) is 0.